The van der Waals surface area contributed by atoms with Gasteiger partial charge in [-0.2, -0.15) is 0 Å². The van der Waals surface area contributed by atoms with Gasteiger partial charge in [-0.25, -0.2) is 9.59 Å². The molecule has 4 atom stereocenters. The van der Waals surface area contributed by atoms with Gasteiger partial charge in [0.15, 0.2) is 12.2 Å². The van der Waals surface area contributed by atoms with E-state index >= 15 is 0 Å². The van der Waals surface area contributed by atoms with Crippen LogP contribution in [0.25, 0.3) is 11.0 Å². The second-order valence-electron chi connectivity index (χ2n) is 12.2. The molecule has 0 radical (unpaired) electrons. The van der Waals surface area contributed by atoms with E-state index < -0.39 is 41.8 Å². The average molecular weight is 571 g/mol. The molecule has 1 aromatic carbocycles. The maximum absolute atomic E-state index is 12.9. The second kappa shape index (κ2) is 10.8. The molecule has 0 unspecified atom stereocenters. The van der Waals surface area contributed by atoms with Crippen molar-refractivity contribution in [2.45, 2.75) is 57.9 Å². The van der Waals surface area contributed by atoms with Crippen molar-refractivity contribution in [3.05, 3.63) is 57.7 Å². The van der Waals surface area contributed by atoms with E-state index in [1.54, 1.807) is 45.0 Å². The number of quaternary nitrogens is 1. The van der Waals surface area contributed by atoms with E-state index in [0.29, 0.717) is 16.9 Å². The topological polar surface area (TPSA) is 123 Å². The fourth-order valence-corrected chi connectivity index (χ4v) is 5.71. The number of carbonyl (C=O) groups excluding carboxylic acids is 1. The molecule has 2 aromatic heterocycles. The largest absolute Gasteiger partial charge is 0.462 e. The number of piperazine rings is 1. The molecule has 5 rings (SSSR count). The zero-order chi connectivity index (χ0) is 29.7. The molecule has 0 spiro atoms. The summed E-state index contributed by atoms with van der Waals surface area (Å²) in [6.07, 6.45) is -4.44. The van der Waals surface area contributed by atoms with Gasteiger partial charge in [-0.3, -0.25) is 0 Å². The summed E-state index contributed by atoms with van der Waals surface area (Å²) in [7, 11) is 5.87. The van der Waals surface area contributed by atoms with Crippen molar-refractivity contribution in [2.24, 2.45) is 0 Å². The third-order valence-corrected chi connectivity index (χ3v) is 8.19. The van der Waals surface area contributed by atoms with Gasteiger partial charge in [-0.15, -0.1) is 0 Å². The fourth-order valence-electron chi connectivity index (χ4n) is 5.71. The predicted octanol–water partition coefficient (Wildman–Crippen LogP) is 2.75. The molecule has 2 N–H and O–H groups in total. The number of ether oxygens (including phenoxy) is 4. The lowest BCUT2D eigenvalue weighted by Crippen LogP contribution is -2.65. The van der Waals surface area contributed by atoms with Crippen LogP contribution < -0.4 is 15.3 Å². The van der Waals surface area contributed by atoms with Crippen molar-refractivity contribution in [2.75, 3.05) is 52.3 Å². The van der Waals surface area contributed by atoms with Crippen LogP contribution in [0.3, 0.4) is 0 Å². The molecule has 4 heterocycles. The predicted molar refractivity (Wildman–Crippen MR) is 152 cm³/mol. The standard InChI is InChI=1S/C30H39N3O8/c1-17-8-10-20(31-17)28(36)40-26-24(35)29(41-30(3,4)27(26)37-7)38-22-11-9-19-21(16-23(34)39-25(19)18(22)2)32-12-14-33(5,6)15-13-32/h8-11,16,24,26-27,29,35H,12-15H2,1-7H3/p+1/t24-,26+,27-,29-/m1/s1. The minimum Gasteiger partial charge on any atom is -0.462 e. The first-order chi connectivity index (χ1) is 19.3. The van der Waals surface area contributed by atoms with Crippen LogP contribution >= 0.6 is 0 Å². The number of aromatic nitrogens is 1. The van der Waals surface area contributed by atoms with E-state index in [0.717, 1.165) is 47.4 Å². The van der Waals surface area contributed by atoms with Gasteiger partial charge in [0.2, 0.25) is 6.29 Å². The van der Waals surface area contributed by atoms with E-state index in [4.69, 9.17) is 23.4 Å². The maximum atomic E-state index is 12.9. The number of likely N-dealkylation sites (N-methyl/N-ethyl adjacent to an activating group) is 1. The van der Waals surface area contributed by atoms with Crippen LogP contribution in [0.15, 0.2) is 39.5 Å². The third-order valence-electron chi connectivity index (χ3n) is 8.19. The summed E-state index contributed by atoms with van der Waals surface area (Å²) >= 11 is 0. The number of anilines is 1. The molecule has 0 saturated carbocycles. The molecule has 2 saturated heterocycles. The number of aliphatic hydroxyl groups is 1. The van der Waals surface area contributed by atoms with Gasteiger partial charge in [-0.1, -0.05) is 0 Å². The van der Waals surface area contributed by atoms with E-state index in [1.165, 1.54) is 7.11 Å². The second-order valence-corrected chi connectivity index (χ2v) is 12.2. The molecule has 0 bridgehead atoms. The third kappa shape index (κ3) is 5.72. The zero-order valence-electron chi connectivity index (χ0n) is 24.7. The Hall–Kier alpha value is -3.38. The number of nitrogens with zero attached hydrogens (tertiary/aromatic N) is 2. The van der Waals surface area contributed by atoms with E-state index in [9.17, 15) is 14.7 Å². The molecule has 0 aliphatic carbocycles. The summed E-state index contributed by atoms with van der Waals surface area (Å²) in [4.78, 5) is 30.7. The number of aromatic amines is 1. The van der Waals surface area contributed by atoms with Crippen LogP contribution in [0, 0.1) is 13.8 Å². The number of methoxy groups -OCH3 is 1. The van der Waals surface area contributed by atoms with Gasteiger partial charge in [0.1, 0.15) is 23.1 Å². The number of aryl methyl sites for hydroxylation is 2. The Morgan fingerprint density at radius 3 is 2.49 bits per heavy atom. The minimum absolute atomic E-state index is 0.263. The summed E-state index contributed by atoms with van der Waals surface area (Å²) in [5, 5.41) is 12.1. The highest BCUT2D eigenvalue weighted by Gasteiger charge is 2.53. The SMILES string of the molecule is CO[C@@H]1[C@@H](OC(=O)c2ccc(C)[nH]2)[C@@H](O)[C@H](Oc2ccc3c(N4CC[N+](C)(C)CC4)cc(=O)oc3c2C)OC1(C)C. The molecule has 11 heteroatoms. The zero-order valence-corrected chi connectivity index (χ0v) is 24.7. The number of H-pyrrole nitrogens is 1. The molecule has 41 heavy (non-hydrogen) atoms. The molecule has 2 fully saturated rings. The Morgan fingerprint density at radius 2 is 1.85 bits per heavy atom. The summed E-state index contributed by atoms with van der Waals surface area (Å²) < 4.78 is 30.3. The van der Waals surface area contributed by atoms with Crippen molar-refractivity contribution in [1.29, 1.82) is 0 Å². The van der Waals surface area contributed by atoms with Gasteiger partial charge >= 0.3 is 11.6 Å². The lowest BCUT2D eigenvalue weighted by atomic mass is 9.89. The number of nitrogens with one attached hydrogen (secondary N) is 1. The minimum atomic E-state index is -1.38. The number of esters is 1. The average Bonchev–Trinajstić information content (AvgIpc) is 3.34. The van der Waals surface area contributed by atoms with E-state index in [2.05, 4.69) is 24.0 Å². The van der Waals surface area contributed by atoms with Gasteiger partial charge in [0, 0.05) is 29.8 Å². The molecule has 222 valence electrons. The fraction of sp³-hybridized carbons (Fsp3) is 0.533. The molecule has 0 amide bonds. The smallest absolute Gasteiger partial charge is 0.355 e. The summed E-state index contributed by atoms with van der Waals surface area (Å²) in [6.45, 7) is 10.8. The number of hydrogen-bond acceptors (Lipinski definition) is 9. The van der Waals surface area contributed by atoms with Crippen LogP contribution in [-0.2, 0) is 14.2 Å². The number of benzene rings is 1. The number of hydrogen-bond donors (Lipinski definition) is 2. The molecular formula is C30H40N3O8+. The van der Waals surface area contributed by atoms with Crippen molar-refractivity contribution in [3.63, 3.8) is 0 Å². The first-order valence-electron chi connectivity index (χ1n) is 13.9. The van der Waals surface area contributed by atoms with Crippen molar-refractivity contribution >= 4 is 22.6 Å². The number of fused-ring (bicyclic) bond motifs is 1. The van der Waals surface area contributed by atoms with Crippen LogP contribution in [0.2, 0.25) is 0 Å². The highest BCUT2D eigenvalue weighted by molar-refractivity contribution is 5.93. The van der Waals surface area contributed by atoms with Crippen LogP contribution in [0.1, 0.15) is 35.6 Å². The number of rotatable bonds is 6. The van der Waals surface area contributed by atoms with Gasteiger partial charge < -0.3 is 42.8 Å². The molecule has 11 nitrogen and oxygen atoms in total. The normalized spacial score (nSPS) is 25.7. The molecule has 3 aromatic rings. The number of carbonyl (C=O) groups is 1. The van der Waals surface area contributed by atoms with Crippen LogP contribution in [0.4, 0.5) is 5.69 Å². The highest BCUT2D eigenvalue weighted by atomic mass is 16.7. The summed E-state index contributed by atoms with van der Waals surface area (Å²) in [5.74, 6) is -0.258. The van der Waals surface area contributed by atoms with Crippen LogP contribution in [0.5, 0.6) is 5.75 Å². The van der Waals surface area contributed by atoms with Gasteiger partial charge in [0.05, 0.1) is 51.6 Å². The monoisotopic (exact) mass is 570 g/mol. The first kappa shape index (κ1) is 29.1. The van der Waals surface area contributed by atoms with Crippen molar-refractivity contribution < 1.29 is 37.7 Å². The Labute approximate surface area is 239 Å². The Bertz CT molecular complexity index is 1480. The van der Waals surface area contributed by atoms with E-state index in [1.807, 2.05) is 13.0 Å². The molecule has 2 aliphatic rings. The quantitative estimate of drug-likeness (QED) is 0.262. The Kier molecular flexibility index (Phi) is 7.66. The van der Waals surface area contributed by atoms with E-state index in [-0.39, 0.29) is 5.69 Å². The highest BCUT2D eigenvalue weighted by Crippen LogP contribution is 2.37. The van der Waals surface area contributed by atoms with Crippen molar-refractivity contribution in [3.8, 4) is 5.75 Å². The molecular weight excluding hydrogens is 530 g/mol. The molecule has 2 aliphatic heterocycles. The first-order valence-corrected chi connectivity index (χ1v) is 13.9. The lowest BCUT2D eigenvalue weighted by molar-refractivity contribution is -0.890. The summed E-state index contributed by atoms with van der Waals surface area (Å²) in [5.41, 5.74) is 1.46. The van der Waals surface area contributed by atoms with Gasteiger partial charge in [0.25, 0.3) is 0 Å². The van der Waals surface area contributed by atoms with Gasteiger partial charge in [-0.05, 0) is 52.0 Å². The lowest BCUT2D eigenvalue weighted by Gasteiger charge is -2.47. The number of aliphatic hydroxyl groups excluding tert-OH is 1. The summed E-state index contributed by atoms with van der Waals surface area (Å²) in [6, 6.07) is 8.56. The van der Waals surface area contributed by atoms with Crippen LogP contribution in [-0.4, -0.2) is 98.1 Å². The van der Waals surface area contributed by atoms with Crippen molar-refractivity contribution in [1.82, 2.24) is 4.98 Å². The Morgan fingerprint density at radius 1 is 1.15 bits per heavy atom. The maximum Gasteiger partial charge on any atom is 0.355 e. The Balaban J connectivity index is 1.43.